The van der Waals surface area contributed by atoms with E-state index >= 15 is 0 Å². The third kappa shape index (κ3) is 3.82. The summed E-state index contributed by atoms with van der Waals surface area (Å²) in [5, 5.41) is 4.01. The highest BCUT2D eigenvalue weighted by Gasteiger charge is 2.03. The summed E-state index contributed by atoms with van der Waals surface area (Å²) in [7, 11) is 0. The van der Waals surface area contributed by atoms with Crippen molar-refractivity contribution in [3.8, 4) is 0 Å². The fraction of sp³-hybridized carbons (Fsp3) is 0.714. The van der Waals surface area contributed by atoms with Crippen molar-refractivity contribution in [2.75, 3.05) is 29.6 Å². The quantitative estimate of drug-likeness (QED) is 0.784. The van der Waals surface area contributed by atoms with Crippen LogP contribution in [0.25, 0.3) is 0 Å². The lowest BCUT2D eigenvalue weighted by molar-refractivity contribution is 0.701. The second-order valence-electron chi connectivity index (χ2n) is 2.90. The molecule has 1 unspecified atom stereocenters. The van der Waals surface area contributed by atoms with Crippen LogP contribution in [0.2, 0.25) is 0 Å². The highest BCUT2D eigenvalue weighted by Crippen LogP contribution is 2.13. The third-order valence-corrected chi connectivity index (χ3v) is 3.08. The normalized spacial score (nSPS) is 12.8. The molecule has 0 radical (unpaired) electrons. The Hall–Kier alpha value is -0.490. The maximum absolute atomic E-state index is 5.39. The van der Waals surface area contributed by atoms with Crippen LogP contribution in [0.15, 0.2) is 0 Å². The van der Waals surface area contributed by atoms with Gasteiger partial charge in [-0.1, -0.05) is 6.92 Å². The van der Waals surface area contributed by atoms with Gasteiger partial charge in [-0.15, -0.1) is 0 Å². The highest BCUT2D eigenvalue weighted by molar-refractivity contribution is 7.98. The van der Waals surface area contributed by atoms with Crippen molar-refractivity contribution in [3.63, 3.8) is 0 Å². The molecule has 1 rings (SSSR count). The Morgan fingerprint density at radius 1 is 1.69 bits per heavy atom. The largest absolute Gasteiger partial charge is 0.367 e. The standard InChI is InChI=1S/C7H14N4S2/c1-5(4-12-2)3-9-7-10-6(8)11-13-7/h5H,3-4H2,1-2H3,(H3,8,9,10,11). The number of nitrogens with zero attached hydrogens (tertiary/aromatic N) is 2. The van der Waals surface area contributed by atoms with Gasteiger partial charge in [0.15, 0.2) is 0 Å². The Bertz CT molecular complexity index is 250. The molecule has 0 aromatic carbocycles. The number of hydrogen-bond donors (Lipinski definition) is 2. The van der Waals surface area contributed by atoms with E-state index in [-0.39, 0.29) is 0 Å². The molecule has 0 aliphatic carbocycles. The van der Waals surface area contributed by atoms with Crippen LogP contribution in [0.4, 0.5) is 11.1 Å². The lowest BCUT2D eigenvalue weighted by Crippen LogP contribution is -2.13. The van der Waals surface area contributed by atoms with E-state index in [1.807, 2.05) is 11.8 Å². The summed E-state index contributed by atoms with van der Waals surface area (Å²) in [4.78, 5) is 4.01. The van der Waals surface area contributed by atoms with Gasteiger partial charge in [0.05, 0.1) is 0 Å². The van der Waals surface area contributed by atoms with Gasteiger partial charge in [0.1, 0.15) is 0 Å². The van der Waals surface area contributed by atoms with Gasteiger partial charge in [-0.3, -0.25) is 0 Å². The Morgan fingerprint density at radius 2 is 2.46 bits per heavy atom. The second kappa shape index (κ2) is 5.29. The van der Waals surface area contributed by atoms with Gasteiger partial charge < -0.3 is 11.1 Å². The molecule has 0 spiro atoms. The first-order valence-corrected chi connectivity index (χ1v) is 6.21. The van der Waals surface area contributed by atoms with Crippen molar-refractivity contribution in [2.45, 2.75) is 6.92 Å². The molecule has 74 valence electrons. The monoisotopic (exact) mass is 218 g/mol. The predicted molar refractivity (Wildman–Crippen MR) is 60.4 cm³/mol. The summed E-state index contributed by atoms with van der Waals surface area (Å²) in [5.74, 6) is 2.14. The SMILES string of the molecule is CSCC(C)CNc1nc(N)ns1. The molecule has 1 aromatic rings. The summed E-state index contributed by atoms with van der Waals surface area (Å²) in [5.41, 5.74) is 5.39. The third-order valence-electron chi connectivity index (χ3n) is 1.49. The van der Waals surface area contributed by atoms with Crippen LogP contribution in [0.1, 0.15) is 6.92 Å². The van der Waals surface area contributed by atoms with E-state index < -0.39 is 0 Å². The lowest BCUT2D eigenvalue weighted by Gasteiger charge is -2.09. The van der Waals surface area contributed by atoms with Crippen LogP contribution in [0.5, 0.6) is 0 Å². The Morgan fingerprint density at radius 3 is 3.00 bits per heavy atom. The molecule has 0 aliphatic heterocycles. The molecule has 4 nitrogen and oxygen atoms in total. The van der Waals surface area contributed by atoms with E-state index in [1.165, 1.54) is 11.5 Å². The number of thioether (sulfide) groups is 1. The summed E-state index contributed by atoms with van der Waals surface area (Å²) >= 11 is 3.16. The molecule has 1 atom stereocenters. The zero-order valence-corrected chi connectivity index (χ0v) is 9.41. The first-order valence-electron chi connectivity index (χ1n) is 4.04. The minimum absolute atomic E-state index is 0.352. The fourth-order valence-electron chi connectivity index (χ4n) is 0.912. The number of nitrogen functional groups attached to an aromatic ring is 1. The maximum atomic E-state index is 5.39. The van der Waals surface area contributed by atoms with Gasteiger partial charge in [0.2, 0.25) is 11.1 Å². The second-order valence-corrected chi connectivity index (χ2v) is 4.56. The van der Waals surface area contributed by atoms with Crippen LogP contribution >= 0.6 is 23.3 Å². The van der Waals surface area contributed by atoms with Crippen molar-refractivity contribution in [2.24, 2.45) is 5.92 Å². The van der Waals surface area contributed by atoms with E-state index in [0.717, 1.165) is 17.4 Å². The maximum Gasteiger partial charge on any atom is 0.233 e. The zero-order chi connectivity index (χ0) is 9.68. The van der Waals surface area contributed by atoms with Gasteiger partial charge in [-0.2, -0.15) is 21.1 Å². The van der Waals surface area contributed by atoms with Crippen LogP contribution < -0.4 is 11.1 Å². The van der Waals surface area contributed by atoms with Gasteiger partial charge >= 0.3 is 0 Å². The first kappa shape index (κ1) is 10.6. The minimum Gasteiger partial charge on any atom is -0.367 e. The molecule has 0 amide bonds. The number of nitrogens with one attached hydrogen (secondary N) is 1. The molecule has 3 N–H and O–H groups in total. The van der Waals surface area contributed by atoms with E-state index in [9.17, 15) is 0 Å². The van der Waals surface area contributed by atoms with Gasteiger partial charge in [-0.05, 0) is 17.9 Å². The van der Waals surface area contributed by atoms with E-state index in [4.69, 9.17) is 5.73 Å². The fourth-order valence-corrected chi connectivity index (χ4v) is 2.10. The summed E-state index contributed by atoms with van der Waals surface area (Å²) in [6, 6.07) is 0. The van der Waals surface area contributed by atoms with Crippen molar-refractivity contribution in [1.82, 2.24) is 9.36 Å². The number of anilines is 2. The molecule has 13 heavy (non-hydrogen) atoms. The number of aromatic nitrogens is 2. The topological polar surface area (TPSA) is 63.8 Å². The van der Waals surface area contributed by atoms with Crippen LogP contribution in [-0.4, -0.2) is 27.9 Å². The summed E-state index contributed by atoms with van der Waals surface area (Å²) in [6.07, 6.45) is 2.11. The van der Waals surface area contributed by atoms with Crippen LogP contribution in [0.3, 0.4) is 0 Å². The molecule has 0 saturated carbocycles. The van der Waals surface area contributed by atoms with Gasteiger partial charge in [-0.25, -0.2) is 0 Å². The number of hydrogen-bond acceptors (Lipinski definition) is 6. The minimum atomic E-state index is 0.352. The van der Waals surface area contributed by atoms with E-state index in [0.29, 0.717) is 11.9 Å². The number of nitrogens with two attached hydrogens (primary N) is 1. The molecular weight excluding hydrogens is 204 g/mol. The summed E-state index contributed by atoms with van der Waals surface area (Å²) in [6.45, 7) is 3.13. The van der Waals surface area contributed by atoms with Crippen LogP contribution in [-0.2, 0) is 0 Å². The van der Waals surface area contributed by atoms with E-state index in [2.05, 4.69) is 27.9 Å². The van der Waals surface area contributed by atoms with Crippen LogP contribution in [0, 0.1) is 5.92 Å². The average Bonchev–Trinajstić information content (AvgIpc) is 2.49. The Kier molecular flexibility index (Phi) is 4.31. The predicted octanol–water partition coefficient (Wildman–Crippen LogP) is 1.53. The van der Waals surface area contributed by atoms with Gasteiger partial charge in [0.25, 0.3) is 0 Å². The average molecular weight is 218 g/mol. The molecular formula is C7H14N4S2. The first-order chi connectivity index (χ1) is 6.22. The van der Waals surface area contributed by atoms with E-state index in [1.54, 1.807) is 0 Å². The zero-order valence-electron chi connectivity index (χ0n) is 7.78. The van der Waals surface area contributed by atoms with Crippen molar-refractivity contribution < 1.29 is 0 Å². The molecule has 0 aliphatic rings. The Labute approximate surface area is 86.5 Å². The molecule has 6 heteroatoms. The van der Waals surface area contributed by atoms with Crippen molar-refractivity contribution in [1.29, 1.82) is 0 Å². The Balaban J connectivity index is 2.26. The lowest BCUT2D eigenvalue weighted by atomic mass is 10.2. The van der Waals surface area contributed by atoms with Crippen molar-refractivity contribution >= 4 is 34.4 Å². The van der Waals surface area contributed by atoms with Crippen molar-refractivity contribution in [3.05, 3.63) is 0 Å². The molecule has 1 heterocycles. The molecule has 0 bridgehead atoms. The van der Waals surface area contributed by atoms with Gasteiger partial charge in [0, 0.05) is 18.1 Å². The molecule has 0 saturated heterocycles. The summed E-state index contributed by atoms with van der Waals surface area (Å²) < 4.78 is 3.88. The molecule has 1 aromatic heterocycles. The highest BCUT2D eigenvalue weighted by atomic mass is 32.2. The number of rotatable bonds is 5. The smallest absolute Gasteiger partial charge is 0.233 e. The molecule has 0 fully saturated rings.